The van der Waals surface area contributed by atoms with Crippen LogP contribution in [-0.2, 0) is 9.59 Å². The van der Waals surface area contributed by atoms with Crippen molar-refractivity contribution < 1.29 is 19.1 Å². The molecule has 0 saturated carbocycles. The Hall–Kier alpha value is -3.33. The predicted octanol–water partition coefficient (Wildman–Crippen LogP) is 4.08. The zero-order valence-electron chi connectivity index (χ0n) is 19.0. The van der Waals surface area contributed by atoms with Crippen molar-refractivity contribution in [1.29, 1.82) is 0 Å². The molecule has 2 aromatic rings. The van der Waals surface area contributed by atoms with Crippen molar-refractivity contribution in [2.24, 2.45) is 15.9 Å². The van der Waals surface area contributed by atoms with Gasteiger partial charge < -0.3 is 14.8 Å². The standard InChI is InChI=1S/C24H26N4O4S/c1-14(2)11-19-23(30)28-22(26-19)16-7-5-6-8-17(16)27-24(28)33-13-21(29)25-18-10-9-15(31-3)12-20(18)32-4/h5-10,12,14,19H,11,13H2,1-4H3,(H,25,29)/t19-/m0/s1. The van der Waals surface area contributed by atoms with E-state index in [9.17, 15) is 9.59 Å². The van der Waals surface area contributed by atoms with Gasteiger partial charge >= 0.3 is 0 Å². The molecule has 2 aliphatic rings. The number of ether oxygens (including phenoxy) is 2. The van der Waals surface area contributed by atoms with Crippen LogP contribution in [0.15, 0.2) is 52.4 Å². The number of fused-ring (bicyclic) bond motifs is 3. The summed E-state index contributed by atoms with van der Waals surface area (Å²) < 4.78 is 10.5. The van der Waals surface area contributed by atoms with Crippen molar-refractivity contribution in [3.8, 4) is 11.5 Å². The van der Waals surface area contributed by atoms with E-state index < -0.39 is 6.04 Å². The number of nitrogens with zero attached hydrogens (tertiary/aromatic N) is 3. The summed E-state index contributed by atoms with van der Waals surface area (Å²) in [6.45, 7) is 4.14. The van der Waals surface area contributed by atoms with Crippen LogP contribution >= 0.6 is 11.8 Å². The molecule has 1 N–H and O–H groups in total. The monoisotopic (exact) mass is 466 g/mol. The fourth-order valence-corrected chi connectivity index (χ4v) is 4.52. The van der Waals surface area contributed by atoms with Crippen LogP contribution in [-0.4, -0.2) is 53.7 Å². The highest BCUT2D eigenvalue weighted by molar-refractivity contribution is 8.14. The number of methoxy groups -OCH3 is 2. The summed E-state index contributed by atoms with van der Waals surface area (Å²) in [5.74, 6) is 1.80. The lowest BCUT2D eigenvalue weighted by atomic mass is 10.0. The third-order valence-corrected chi connectivity index (χ3v) is 6.20. The highest BCUT2D eigenvalue weighted by atomic mass is 32.2. The quantitative estimate of drug-likeness (QED) is 0.664. The average Bonchev–Trinajstić information content (AvgIpc) is 3.13. The van der Waals surface area contributed by atoms with E-state index in [1.165, 1.54) is 18.9 Å². The smallest absolute Gasteiger partial charge is 0.259 e. The summed E-state index contributed by atoms with van der Waals surface area (Å²) in [4.78, 5) is 36.8. The number of nitrogens with one attached hydrogen (secondary N) is 1. The molecule has 4 rings (SSSR count). The number of amides is 2. The second kappa shape index (κ2) is 9.66. The molecule has 1 atom stereocenters. The number of thioether (sulfide) groups is 1. The summed E-state index contributed by atoms with van der Waals surface area (Å²) in [5.41, 5.74) is 2.11. The molecule has 33 heavy (non-hydrogen) atoms. The first-order valence-corrected chi connectivity index (χ1v) is 11.6. The van der Waals surface area contributed by atoms with Gasteiger partial charge in [0.1, 0.15) is 23.4 Å². The second-order valence-electron chi connectivity index (χ2n) is 8.09. The van der Waals surface area contributed by atoms with E-state index >= 15 is 0 Å². The third kappa shape index (κ3) is 4.73. The Kier molecular flexibility index (Phi) is 6.69. The Bertz CT molecular complexity index is 1150. The summed E-state index contributed by atoms with van der Waals surface area (Å²) >= 11 is 1.21. The molecule has 0 bridgehead atoms. The van der Waals surface area contributed by atoms with Crippen LogP contribution in [0.5, 0.6) is 11.5 Å². The molecule has 2 aromatic carbocycles. The minimum absolute atomic E-state index is 0.0715. The molecule has 2 amide bonds. The Balaban J connectivity index is 1.52. The summed E-state index contributed by atoms with van der Waals surface area (Å²) in [6, 6.07) is 12.3. The van der Waals surface area contributed by atoms with Crippen LogP contribution in [0.3, 0.4) is 0 Å². The van der Waals surface area contributed by atoms with E-state index in [0.29, 0.717) is 40.5 Å². The van der Waals surface area contributed by atoms with Gasteiger partial charge in [0.05, 0.1) is 31.3 Å². The molecule has 2 aliphatic heterocycles. The normalized spacial score (nSPS) is 16.7. The van der Waals surface area contributed by atoms with Gasteiger partial charge in [-0.1, -0.05) is 37.7 Å². The number of carbonyl (C=O) groups excluding carboxylic acids is 2. The lowest BCUT2D eigenvalue weighted by Gasteiger charge is -2.25. The highest BCUT2D eigenvalue weighted by Crippen LogP contribution is 2.35. The van der Waals surface area contributed by atoms with Crippen LogP contribution in [0, 0.1) is 5.92 Å². The average molecular weight is 467 g/mol. The van der Waals surface area contributed by atoms with E-state index in [1.54, 1.807) is 30.2 Å². The SMILES string of the molecule is COc1ccc(NC(=O)CSC2=Nc3ccccc3C3=N[C@@H](CC(C)C)C(=O)N23)c(OC)c1. The molecule has 0 aliphatic carbocycles. The number of aliphatic imine (C=N–C) groups is 2. The van der Waals surface area contributed by atoms with Crippen molar-refractivity contribution in [3.05, 3.63) is 48.0 Å². The summed E-state index contributed by atoms with van der Waals surface area (Å²) in [6.07, 6.45) is 0.663. The van der Waals surface area contributed by atoms with Gasteiger partial charge in [0.25, 0.3) is 5.91 Å². The van der Waals surface area contributed by atoms with Gasteiger partial charge in [-0.2, -0.15) is 0 Å². The van der Waals surface area contributed by atoms with Gasteiger partial charge in [0.15, 0.2) is 5.17 Å². The van der Waals surface area contributed by atoms with E-state index in [-0.39, 0.29) is 17.6 Å². The van der Waals surface area contributed by atoms with Crippen LogP contribution < -0.4 is 14.8 Å². The molecule has 0 radical (unpaired) electrons. The van der Waals surface area contributed by atoms with Crippen LogP contribution in [0.25, 0.3) is 0 Å². The van der Waals surface area contributed by atoms with Gasteiger partial charge in [0, 0.05) is 11.6 Å². The number of para-hydroxylation sites is 1. The van der Waals surface area contributed by atoms with Gasteiger partial charge in [-0.15, -0.1) is 0 Å². The second-order valence-corrected chi connectivity index (χ2v) is 9.03. The number of amidine groups is 2. The number of carbonyl (C=O) groups is 2. The van der Waals surface area contributed by atoms with E-state index in [4.69, 9.17) is 14.5 Å². The lowest BCUT2D eigenvalue weighted by Crippen LogP contribution is -2.41. The van der Waals surface area contributed by atoms with Crippen molar-refractivity contribution in [2.75, 3.05) is 25.3 Å². The number of hydrogen-bond acceptors (Lipinski definition) is 7. The first-order chi connectivity index (χ1) is 15.9. The Morgan fingerprint density at radius 1 is 1.18 bits per heavy atom. The molecule has 172 valence electrons. The van der Waals surface area contributed by atoms with Gasteiger partial charge in [-0.05, 0) is 36.6 Å². The number of anilines is 1. The Morgan fingerprint density at radius 2 is 1.97 bits per heavy atom. The molecule has 0 fully saturated rings. The minimum atomic E-state index is -0.436. The van der Waals surface area contributed by atoms with E-state index in [1.807, 2.05) is 24.3 Å². The third-order valence-electron chi connectivity index (χ3n) is 5.26. The molecule has 9 heteroatoms. The number of rotatable bonds is 7. The van der Waals surface area contributed by atoms with Crippen LogP contribution in [0.2, 0.25) is 0 Å². The van der Waals surface area contributed by atoms with Crippen LogP contribution in [0.1, 0.15) is 25.8 Å². The van der Waals surface area contributed by atoms with E-state index in [0.717, 1.165) is 11.3 Å². The highest BCUT2D eigenvalue weighted by Gasteiger charge is 2.41. The maximum Gasteiger partial charge on any atom is 0.259 e. The molecule has 0 saturated heterocycles. The van der Waals surface area contributed by atoms with Gasteiger partial charge in [0.2, 0.25) is 5.91 Å². The first-order valence-electron chi connectivity index (χ1n) is 10.7. The lowest BCUT2D eigenvalue weighted by molar-refractivity contribution is -0.125. The maximum atomic E-state index is 13.2. The van der Waals surface area contributed by atoms with Crippen LogP contribution in [0.4, 0.5) is 11.4 Å². The molecule has 0 aromatic heterocycles. The fraction of sp³-hybridized carbons (Fsp3) is 0.333. The molecule has 0 unspecified atom stereocenters. The maximum absolute atomic E-state index is 13.2. The molecule has 8 nitrogen and oxygen atoms in total. The van der Waals surface area contributed by atoms with Gasteiger partial charge in [-0.25, -0.2) is 9.89 Å². The topological polar surface area (TPSA) is 92.6 Å². The molecule has 0 spiro atoms. The van der Waals surface area contributed by atoms with Crippen molar-refractivity contribution >= 4 is 46.0 Å². The zero-order chi connectivity index (χ0) is 23.5. The van der Waals surface area contributed by atoms with E-state index in [2.05, 4.69) is 24.2 Å². The Morgan fingerprint density at radius 3 is 2.70 bits per heavy atom. The summed E-state index contributed by atoms with van der Waals surface area (Å²) in [5, 5.41) is 3.31. The number of benzene rings is 2. The largest absolute Gasteiger partial charge is 0.497 e. The summed E-state index contributed by atoms with van der Waals surface area (Å²) in [7, 11) is 3.09. The zero-order valence-corrected chi connectivity index (χ0v) is 19.8. The number of hydrogen-bond donors (Lipinski definition) is 1. The first kappa shape index (κ1) is 22.8. The van der Waals surface area contributed by atoms with Crippen molar-refractivity contribution in [3.63, 3.8) is 0 Å². The van der Waals surface area contributed by atoms with Crippen molar-refractivity contribution in [2.45, 2.75) is 26.3 Å². The van der Waals surface area contributed by atoms with Gasteiger partial charge in [-0.3, -0.25) is 14.6 Å². The molecule has 2 heterocycles. The van der Waals surface area contributed by atoms with Crippen molar-refractivity contribution in [1.82, 2.24) is 4.90 Å². The Labute approximate surface area is 197 Å². The predicted molar refractivity (Wildman–Crippen MR) is 131 cm³/mol. The molecular weight excluding hydrogens is 440 g/mol. The minimum Gasteiger partial charge on any atom is -0.497 e. The fourth-order valence-electron chi connectivity index (χ4n) is 3.72. The molecular formula is C24H26N4O4S.